The second-order valence-corrected chi connectivity index (χ2v) is 8.43. The number of thioether (sulfide) groups is 1. The molecule has 23 heavy (non-hydrogen) atoms. The zero-order valence-electron chi connectivity index (χ0n) is 12.2. The third kappa shape index (κ3) is 3.49. The van der Waals surface area contributed by atoms with Crippen LogP contribution in [0.2, 0.25) is 5.02 Å². The Morgan fingerprint density at radius 2 is 1.96 bits per heavy atom. The quantitative estimate of drug-likeness (QED) is 0.508. The van der Waals surface area contributed by atoms with Gasteiger partial charge in [0, 0.05) is 17.8 Å². The smallest absolute Gasteiger partial charge is 0.179 e. The molecule has 0 aliphatic rings. The average Bonchev–Trinajstić information content (AvgIpc) is 2.90. The van der Waals surface area contributed by atoms with Gasteiger partial charge in [0.05, 0.1) is 22.2 Å². The fourth-order valence-electron chi connectivity index (χ4n) is 2.06. The van der Waals surface area contributed by atoms with E-state index in [-0.39, 0.29) is 10.6 Å². The molecule has 1 aromatic carbocycles. The van der Waals surface area contributed by atoms with E-state index in [9.17, 15) is 8.42 Å². The summed E-state index contributed by atoms with van der Waals surface area (Å²) in [6, 6.07) is 6.19. The summed E-state index contributed by atoms with van der Waals surface area (Å²) in [5.41, 5.74) is 0.725. The highest BCUT2D eigenvalue weighted by Gasteiger charge is 2.15. The molecule has 0 N–H and O–H groups in total. The standard InChI is InChI=1S/C14H13ClN4O2S2/c1-19-13-12(8-18-19)14(17-9-16-13)22-6-7-23(20,21)11-4-2-10(15)3-5-11/h2-5,8-9H,6-7H2,1H3. The molecule has 3 aromatic rings. The van der Waals surface area contributed by atoms with Crippen molar-refractivity contribution in [2.75, 3.05) is 11.5 Å². The Bertz CT molecular complexity index is 939. The van der Waals surface area contributed by atoms with Crippen molar-refractivity contribution in [2.45, 2.75) is 9.92 Å². The molecule has 2 aromatic heterocycles. The van der Waals surface area contributed by atoms with Crippen molar-refractivity contribution in [3.8, 4) is 0 Å². The predicted octanol–water partition coefficient (Wildman–Crippen LogP) is 2.58. The Kier molecular flexibility index (Phi) is 4.56. The highest BCUT2D eigenvalue weighted by Crippen LogP contribution is 2.25. The normalized spacial score (nSPS) is 11.9. The van der Waals surface area contributed by atoms with Crippen LogP contribution < -0.4 is 0 Å². The van der Waals surface area contributed by atoms with E-state index in [0.717, 1.165) is 16.1 Å². The molecular formula is C14H13ClN4O2S2. The Morgan fingerprint density at radius 3 is 2.70 bits per heavy atom. The minimum Gasteiger partial charge on any atom is -0.250 e. The van der Waals surface area contributed by atoms with Gasteiger partial charge in [0.15, 0.2) is 15.5 Å². The topological polar surface area (TPSA) is 77.7 Å². The van der Waals surface area contributed by atoms with Crippen LogP contribution in [-0.4, -0.2) is 39.7 Å². The highest BCUT2D eigenvalue weighted by atomic mass is 35.5. The highest BCUT2D eigenvalue weighted by molar-refractivity contribution is 8.00. The van der Waals surface area contributed by atoms with Crippen LogP contribution >= 0.6 is 23.4 Å². The fraction of sp³-hybridized carbons (Fsp3) is 0.214. The van der Waals surface area contributed by atoms with Gasteiger partial charge in [-0.3, -0.25) is 4.68 Å². The number of aryl methyl sites for hydroxylation is 1. The van der Waals surface area contributed by atoms with Gasteiger partial charge < -0.3 is 0 Å². The third-order valence-corrected chi connectivity index (χ3v) is 6.51. The van der Waals surface area contributed by atoms with Crippen LogP contribution in [0.3, 0.4) is 0 Å². The molecule has 0 radical (unpaired) electrons. The molecule has 0 saturated heterocycles. The van der Waals surface area contributed by atoms with E-state index in [1.54, 1.807) is 30.1 Å². The molecule has 0 aliphatic heterocycles. The molecule has 6 nitrogen and oxygen atoms in total. The van der Waals surface area contributed by atoms with Crippen LogP contribution in [0.25, 0.3) is 11.0 Å². The third-order valence-electron chi connectivity index (χ3n) is 3.26. The van der Waals surface area contributed by atoms with Crippen LogP contribution in [0.15, 0.2) is 46.7 Å². The van der Waals surface area contributed by atoms with E-state index in [1.807, 2.05) is 0 Å². The summed E-state index contributed by atoms with van der Waals surface area (Å²) in [5.74, 6) is 0.414. The molecule has 9 heteroatoms. The average molecular weight is 369 g/mol. The number of hydrogen-bond donors (Lipinski definition) is 0. The maximum atomic E-state index is 12.3. The summed E-state index contributed by atoms with van der Waals surface area (Å²) in [6.45, 7) is 0. The Morgan fingerprint density at radius 1 is 1.22 bits per heavy atom. The number of sulfone groups is 1. The van der Waals surface area contributed by atoms with Crippen molar-refractivity contribution in [2.24, 2.45) is 7.05 Å². The summed E-state index contributed by atoms with van der Waals surface area (Å²) in [7, 11) is -1.54. The summed E-state index contributed by atoms with van der Waals surface area (Å²) >= 11 is 7.16. The predicted molar refractivity (Wildman–Crippen MR) is 90.5 cm³/mol. The molecule has 120 valence electrons. The van der Waals surface area contributed by atoms with Gasteiger partial charge in [-0.15, -0.1) is 11.8 Å². The van der Waals surface area contributed by atoms with Gasteiger partial charge in [0.2, 0.25) is 0 Å². The lowest BCUT2D eigenvalue weighted by Crippen LogP contribution is -2.08. The lowest BCUT2D eigenvalue weighted by Gasteiger charge is -2.05. The fourth-order valence-corrected chi connectivity index (χ4v) is 4.80. The molecule has 3 rings (SSSR count). The number of fused-ring (bicyclic) bond motifs is 1. The summed E-state index contributed by atoms with van der Waals surface area (Å²) in [4.78, 5) is 8.64. The van der Waals surface area contributed by atoms with Gasteiger partial charge in [-0.2, -0.15) is 5.10 Å². The van der Waals surface area contributed by atoms with Gasteiger partial charge in [-0.25, -0.2) is 18.4 Å². The van der Waals surface area contributed by atoms with E-state index in [1.165, 1.54) is 30.2 Å². The maximum absolute atomic E-state index is 12.3. The van der Waals surface area contributed by atoms with Crippen LogP contribution in [0.5, 0.6) is 0 Å². The van der Waals surface area contributed by atoms with Crippen LogP contribution in [0.4, 0.5) is 0 Å². The van der Waals surface area contributed by atoms with Gasteiger partial charge in [-0.05, 0) is 24.3 Å². The summed E-state index contributed by atoms with van der Waals surface area (Å²) in [6.07, 6.45) is 3.14. The van der Waals surface area contributed by atoms with Gasteiger partial charge >= 0.3 is 0 Å². The van der Waals surface area contributed by atoms with Crippen molar-refractivity contribution in [3.05, 3.63) is 41.8 Å². The lowest BCUT2D eigenvalue weighted by molar-refractivity contribution is 0.597. The first-order valence-corrected chi connectivity index (χ1v) is 9.73. The van der Waals surface area contributed by atoms with Gasteiger partial charge in [-0.1, -0.05) is 11.6 Å². The van der Waals surface area contributed by atoms with Gasteiger partial charge in [0.1, 0.15) is 11.4 Å². The molecule has 2 heterocycles. The molecule has 0 saturated carbocycles. The zero-order valence-corrected chi connectivity index (χ0v) is 14.6. The zero-order chi connectivity index (χ0) is 16.4. The first kappa shape index (κ1) is 16.2. The second kappa shape index (κ2) is 6.46. The first-order valence-electron chi connectivity index (χ1n) is 6.71. The number of hydrogen-bond acceptors (Lipinski definition) is 6. The van der Waals surface area contributed by atoms with Crippen molar-refractivity contribution >= 4 is 44.2 Å². The van der Waals surface area contributed by atoms with Crippen LogP contribution in [-0.2, 0) is 16.9 Å². The van der Waals surface area contributed by atoms with Crippen molar-refractivity contribution in [1.29, 1.82) is 0 Å². The SMILES string of the molecule is Cn1ncc2c(SCCS(=O)(=O)c3ccc(Cl)cc3)ncnc21. The number of rotatable bonds is 5. The number of benzene rings is 1. The van der Waals surface area contributed by atoms with E-state index in [4.69, 9.17) is 11.6 Å². The first-order chi connectivity index (χ1) is 11.0. The maximum Gasteiger partial charge on any atom is 0.179 e. The van der Waals surface area contributed by atoms with E-state index in [2.05, 4.69) is 15.1 Å². The number of halogens is 1. The van der Waals surface area contributed by atoms with Crippen molar-refractivity contribution in [3.63, 3.8) is 0 Å². The van der Waals surface area contributed by atoms with Gasteiger partial charge in [0.25, 0.3) is 0 Å². The molecule has 0 bridgehead atoms. The Balaban J connectivity index is 1.72. The Hall–Kier alpha value is -1.64. The molecule has 0 fully saturated rings. The van der Waals surface area contributed by atoms with Crippen molar-refractivity contribution in [1.82, 2.24) is 19.7 Å². The van der Waals surface area contributed by atoms with Crippen LogP contribution in [0, 0.1) is 0 Å². The minimum absolute atomic E-state index is 0.0189. The number of nitrogens with zero attached hydrogens (tertiary/aromatic N) is 4. The minimum atomic E-state index is -3.34. The van der Waals surface area contributed by atoms with E-state index >= 15 is 0 Å². The van der Waals surface area contributed by atoms with Crippen molar-refractivity contribution < 1.29 is 8.42 Å². The molecule has 0 atom stereocenters. The molecule has 0 aliphatic carbocycles. The molecule has 0 spiro atoms. The molecule has 0 unspecified atom stereocenters. The molecular weight excluding hydrogens is 356 g/mol. The van der Waals surface area contributed by atoms with E-state index in [0.29, 0.717) is 10.8 Å². The monoisotopic (exact) mass is 368 g/mol. The lowest BCUT2D eigenvalue weighted by atomic mass is 10.4. The van der Waals surface area contributed by atoms with Crippen LogP contribution in [0.1, 0.15) is 0 Å². The van der Waals surface area contributed by atoms with E-state index < -0.39 is 9.84 Å². The number of aromatic nitrogens is 4. The Labute approximate surface area is 142 Å². The molecule has 0 amide bonds. The second-order valence-electron chi connectivity index (χ2n) is 4.81. The summed E-state index contributed by atoms with van der Waals surface area (Å²) < 4.78 is 26.2. The largest absolute Gasteiger partial charge is 0.250 e. The summed E-state index contributed by atoms with van der Waals surface area (Å²) in [5, 5.41) is 6.21.